The summed E-state index contributed by atoms with van der Waals surface area (Å²) < 4.78 is 13.4. The standard InChI is InChI=1S/C17H18FNO2S/c1-12(20)16-8-7-14(22-16)10-11-19-17(21)9-6-13-4-2-3-5-15(13)18/h2-5,7-8H,6,9-11H2,1H3,(H,19,21). The fourth-order valence-corrected chi connectivity index (χ4v) is 2.97. The predicted molar refractivity (Wildman–Crippen MR) is 85.8 cm³/mol. The number of ketones is 1. The number of nitrogens with one attached hydrogen (secondary N) is 1. The Balaban J connectivity index is 1.71. The molecule has 0 aliphatic heterocycles. The van der Waals surface area contributed by atoms with Gasteiger partial charge in [0, 0.05) is 17.8 Å². The number of thiophene rings is 1. The van der Waals surface area contributed by atoms with Gasteiger partial charge >= 0.3 is 0 Å². The quantitative estimate of drug-likeness (QED) is 0.795. The Hall–Kier alpha value is -2.01. The average molecular weight is 319 g/mol. The molecule has 1 aromatic heterocycles. The van der Waals surface area contributed by atoms with Crippen molar-refractivity contribution >= 4 is 23.0 Å². The molecular formula is C17H18FNO2S. The molecule has 5 heteroatoms. The van der Waals surface area contributed by atoms with Crippen molar-refractivity contribution in [2.75, 3.05) is 6.54 Å². The van der Waals surface area contributed by atoms with Crippen LogP contribution in [0.25, 0.3) is 0 Å². The van der Waals surface area contributed by atoms with Gasteiger partial charge in [0.25, 0.3) is 0 Å². The molecule has 0 fully saturated rings. The van der Waals surface area contributed by atoms with Gasteiger partial charge < -0.3 is 5.32 Å². The molecule has 1 amide bonds. The van der Waals surface area contributed by atoms with Gasteiger partial charge in [-0.15, -0.1) is 11.3 Å². The molecule has 0 saturated carbocycles. The van der Waals surface area contributed by atoms with E-state index in [0.29, 0.717) is 24.9 Å². The highest BCUT2D eigenvalue weighted by Crippen LogP contribution is 2.17. The van der Waals surface area contributed by atoms with Crippen LogP contribution >= 0.6 is 11.3 Å². The second-order valence-electron chi connectivity index (χ2n) is 5.01. The second-order valence-corrected chi connectivity index (χ2v) is 6.18. The Labute approximate surface area is 133 Å². The summed E-state index contributed by atoms with van der Waals surface area (Å²) in [6.45, 7) is 2.06. The lowest BCUT2D eigenvalue weighted by Gasteiger charge is -2.05. The number of amides is 1. The number of hydrogen-bond acceptors (Lipinski definition) is 3. The molecule has 0 spiro atoms. The van der Waals surface area contributed by atoms with E-state index in [1.54, 1.807) is 25.1 Å². The van der Waals surface area contributed by atoms with Crippen LogP contribution in [0, 0.1) is 5.82 Å². The van der Waals surface area contributed by atoms with Crippen molar-refractivity contribution in [1.82, 2.24) is 5.32 Å². The van der Waals surface area contributed by atoms with Crippen molar-refractivity contribution in [3.63, 3.8) is 0 Å². The Morgan fingerprint density at radius 1 is 1.14 bits per heavy atom. The highest BCUT2D eigenvalue weighted by Gasteiger charge is 2.07. The number of Topliss-reactive ketones (excluding diaryl/α,β-unsaturated/α-hetero) is 1. The minimum atomic E-state index is -0.273. The van der Waals surface area contributed by atoms with Crippen LogP contribution in [0.15, 0.2) is 36.4 Å². The molecule has 0 unspecified atom stereocenters. The molecule has 0 atom stereocenters. The lowest BCUT2D eigenvalue weighted by Crippen LogP contribution is -2.25. The first-order chi connectivity index (χ1) is 10.6. The van der Waals surface area contributed by atoms with Gasteiger partial charge in [0.15, 0.2) is 5.78 Å². The lowest BCUT2D eigenvalue weighted by atomic mass is 10.1. The van der Waals surface area contributed by atoms with Gasteiger partial charge in [-0.25, -0.2) is 4.39 Å². The maximum absolute atomic E-state index is 13.4. The smallest absolute Gasteiger partial charge is 0.220 e. The predicted octanol–water partition coefficient (Wildman–Crippen LogP) is 3.38. The van der Waals surface area contributed by atoms with Crippen LogP contribution in [0.4, 0.5) is 4.39 Å². The summed E-state index contributed by atoms with van der Waals surface area (Å²) in [6.07, 6.45) is 1.36. The van der Waals surface area contributed by atoms with Gasteiger partial charge in [0.2, 0.25) is 5.91 Å². The van der Waals surface area contributed by atoms with Crippen molar-refractivity contribution in [3.8, 4) is 0 Å². The molecule has 1 aromatic carbocycles. The summed E-state index contributed by atoms with van der Waals surface area (Å²) in [5.74, 6) is -0.303. The van der Waals surface area contributed by atoms with Gasteiger partial charge in [-0.3, -0.25) is 9.59 Å². The molecule has 0 radical (unpaired) electrons. The van der Waals surface area contributed by atoms with Crippen LogP contribution in [0.3, 0.4) is 0 Å². The van der Waals surface area contributed by atoms with Crippen LogP contribution in [0.2, 0.25) is 0 Å². The van der Waals surface area contributed by atoms with Crippen LogP contribution in [-0.2, 0) is 17.6 Å². The molecule has 116 valence electrons. The first-order valence-electron chi connectivity index (χ1n) is 7.16. The van der Waals surface area contributed by atoms with Gasteiger partial charge in [0.05, 0.1) is 4.88 Å². The Morgan fingerprint density at radius 2 is 1.91 bits per heavy atom. The van der Waals surface area contributed by atoms with Crippen molar-refractivity contribution in [2.24, 2.45) is 0 Å². The van der Waals surface area contributed by atoms with Crippen LogP contribution < -0.4 is 5.32 Å². The van der Waals surface area contributed by atoms with E-state index in [2.05, 4.69) is 5.32 Å². The zero-order valence-electron chi connectivity index (χ0n) is 12.4. The van der Waals surface area contributed by atoms with Crippen LogP contribution in [0.1, 0.15) is 33.5 Å². The normalized spacial score (nSPS) is 10.5. The highest BCUT2D eigenvalue weighted by atomic mass is 32.1. The third-order valence-electron chi connectivity index (χ3n) is 3.28. The monoisotopic (exact) mass is 319 g/mol. The molecule has 0 bridgehead atoms. The van der Waals surface area contributed by atoms with E-state index >= 15 is 0 Å². The summed E-state index contributed by atoms with van der Waals surface area (Å²) in [6, 6.07) is 10.2. The molecule has 0 aliphatic carbocycles. The Kier molecular flexibility index (Phi) is 5.83. The third kappa shape index (κ3) is 4.77. The number of rotatable bonds is 7. The van der Waals surface area contributed by atoms with E-state index in [9.17, 15) is 14.0 Å². The molecular weight excluding hydrogens is 301 g/mol. The van der Waals surface area contributed by atoms with Gasteiger partial charge in [-0.1, -0.05) is 18.2 Å². The van der Waals surface area contributed by atoms with Crippen molar-refractivity contribution < 1.29 is 14.0 Å². The topological polar surface area (TPSA) is 46.2 Å². The zero-order valence-corrected chi connectivity index (χ0v) is 13.2. The first kappa shape index (κ1) is 16.4. The summed E-state index contributed by atoms with van der Waals surface area (Å²) in [5, 5.41) is 2.82. The SMILES string of the molecule is CC(=O)c1ccc(CCNC(=O)CCc2ccccc2F)s1. The summed E-state index contributed by atoms with van der Waals surface area (Å²) in [4.78, 5) is 24.8. The van der Waals surface area contributed by atoms with Gasteiger partial charge in [-0.2, -0.15) is 0 Å². The summed E-state index contributed by atoms with van der Waals surface area (Å²) >= 11 is 1.45. The Bertz CT molecular complexity index is 666. The summed E-state index contributed by atoms with van der Waals surface area (Å²) in [5.41, 5.74) is 0.557. The maximum atomic E-state index is 13.4. The zero-order chi connectivity index (χ0) is 15.9. The van der Waals surface area contributed by atoms with E-state index in [1.807, 2.05) is 12.1 Å². The lowest BCUT2D eigenvalue weighted by molar-refractivity contribution is -0.121. The number of aryl methyl sites for hydroxylation is 1. The average Bonchev–Trinajstić information content (AvgIpc) is 2.95. The number of carbonyl (C=O) groups is 2. The van der Waals surface area contributed by atoms with Crippen LogP contribution in [0.5, 0.6) is 0 Å². The van der Waals surface area contributed by atoms with Gasteiger partial charge in [0.1, 0.15) is 5.82 Å². The van der Waals surface area contributed by atoms with Crippen molar-refractivity contribution in [3.05, 3.63) is 57.5 Å². The molecule has 0 aliphatic rings. The largest absolute Gasteiger partial charge is 0.356 e. The minimum Gasteiger partial charge on any atom is -0.356 e. The van der Waals surface area contributed by atoms with E-state index in [1.165, 1.54) is 17.4 Å². The van der Waals surface area contributed by atoms with Gasteiger partial charge in [-0.05, 0) is 43.5 Å². The highest BCUT2D eigenvalue weighted by molar-refractivity contribution is 7.14. The molecule has 1 heterocycles. The third-order valence-corrected chi connectivity index (χ3v) is 4.53. The van der Waals surface area contributed by atoms with Crippen molar-refractivity contribution in [2.45, 2.75) is 26.2 Å². The van der Waals surface area contributed by atoms with E-state index in [4.69, 9.17) is 0 Å². The van der Waals surface area contributed by atoms with E-state index < -0.39 is 0 Å². The van der Waals surface area contributed by atoms with E-state index in [-0.39, 0.29) is 23.9 Å². The number of halogens is 1. The number of benzene rings is 1. The number of hydrogen-bond donors (Lipinski definition) is 1. The molecule has 22 heavy (non-hydrogen) atoms. The molecule has 0 saturated heterocycles. The van der Waals surface area contributed by atoms with Crippen molar-refractivity contribution in [1.29, 1.82) is 0 Å². The molecule has 3 nitrogen and oxygen atoms in total. The summed E-state index contributed by atoms with van der Waals surface area (Å²) in [7, 11) is 0. The maximum Gasteiger partial charge on any atom is 0.220 e. The second kappa shape index (κ2) is 7.84. The number of carbonyl (C=O) groups excluding carboxylic acids is 2. The minimum absolute atomic E-state index is 0.0603. The fourth-order valence-electron chi connectivity index (χ4n) is 2.06. The molecule has 1 N–H and O–H groups in total. The first-order valence-corrected chi connectivity index (χ1v) is 7.97. The Morgan fingerprint density at radius 3 is 2.59 bits per heavy atom. The van der Waals surface area contributed by atoms with E-state index in [0.717, 1.165) is 9.75 Å². The van der Waals surface area contributed by atoms with Crippen LogP contribution in [-0.4, -0.2) is 18.2 Å². The molecule has 2 rings (SSSR count). The molecule has 2 aromatic rings. The fraction of sp³-hybridized carbons (Fsp3) is 0.294.